The van der Waals surface area contributed by atoms with Gasteiger partial charge < -0.3 is 27.9 Å². The highest BCUT2D eigenvalue weighted by Crippen LogP contribution is 2.38. The molecule has 288 valence electrons. The van der Waals surface area contributed by atoms with Crippen LogP contribution in [-0.2, 0) is 32.7 Å². The normalized spacial score (nSPS) is 14.0. The number of carbonyl (C=O) groups is 2. The van der Waals surface area contributed by atoms with Gasteiger partial charge in [-0.25, -0.2) is 0 Å². The number of quaternary nitrogens is 1. The third kappa shape index (κ3) is 36.1. The number of phosphoric acid groups is 1. The van der Waals surface area contributed by atoms with Crippen molar-refractivity contribution in [2.45, 2.75) is 168 Å². The Morgan fingerprint density at radius 1 is 0.633 bits per heavy atom. The van der Waals surface area contributed by atoms with Gasteiger partial charge in [0.2, 0.25) is 0 Å². The number of hydrogen-bond acceptors (Lipinski definition) is 8. The van der Waals surface area contributed by atoms with Gasteiger partial charge in [0.1, 0.15) is 19.8 Å². The second-order valence-electron chi connectivity index (χ2n) is 14.3. The number of carbonyl (C=O) groups excluding carboxylic acids is 2. The van der Waals surface area contributed by atoms with E-state index in [1.807, 2.05) is 21.1 Å². The van der Waals surface area contributed by atoms with E-state index < -0.39 is 32.5 Å². The minimum Gasteiger partial charge on any atom is -0.756 e. The summed E-state index contributed by atoms with van der Waals surface area (Å²) in [6.45, 7) is 4.15. The molecule has 0 aliphatic carbocycles. The smallest absolute Gasteiger partial charge is 0.306 e. The third-order valence-electron chi connectivity index (χ3n) is 8.22. The van der Waals surface area contributed by atoms with Gasteiger partial charge in [0, 0.05) is 12.8 Å². The van der Waals surface area contributed by atoms with Crippen LogP contribution in [0.2, 0.25) is 0 Å². The lowest BCUT2D eigenvalue weighted by Crippen LogP contribution is -2.37. The molecule has 2 atom stereocenters. The van der Waals surface area contributed by atoms with Crippen molar-refractivity contribution in [1.82, 2.24) is 0 Å². The SMILES string of the molecule is CCCCC/C=C/C/C=C/CCCCCCCCCC(=O)O[C@H](COC(=O)CCCCCCCCCC)COP(=O)([O-])OCC[N+](C)(C)C. The molecule has 0 aromatic carbocycles. The first-order valence-corrected chi connectivity index (χ1v) is 21.0. The first kappa shape index (κ1) is 47.5. The Balaban J connectivity index is 4.38. The van der Waals surface area contributed by atoms with E-state index >= 15 is 0 Å². The van der Waals surface area contributed by atoms with E-state index in [1.165, 1.54) is 77.0 Å². The number of unbranched alkanes of at least 4 members (excludes halogenated alkanes) is 17. The molecule has 0 aromatic heterocycles. The minimum atomic E-state index is -4.61. The molecule has 9 nitrogen and oxygen atoms in total. The summed E-state index contributed by atoms with van der Waals surface area (Å²) in [4.78, 5) is 37.2. The van der Waals surface area contributed by atoms with Gasteiger partial charge in [0.05, 0.1) is 27.7 Å². The lowest BCUT2D eigenvalue weighted by Gasteiger charge is -2.28. The maximum atomic E-state index is 12.6. The van der Waals surface area contributed by atoms with Crippen LogP contribution in [0.1, 0.15) is 162 Å². The highest BCUT2D eigenvalue weighted by atomic mass is 31.2. The first-order chi connectivity index (χ1) is 23.5. The Bertz CT molecular complexity index is 902. The van der Waals surface area contributed by atoms with Crippen LogP contribution >= 0.6 is 7.82 Å². The molecular formula is C39H74NO8P. The number of phosphoric ester groups is 1. The monoisotopic (exact) mass is 716 g/mol. The summed E-state index contributed by atoms with van der Waals surface area (Å²) < 4.78 is 33.7. The first-order valence-electron chi connectivity index (χ1n) is 19.5. The maximum absolute atomic E-state index is 12.6. The van der Waals surface area contributed by atoms with Crippen LogP contribution in [0.15, 0.2) is 24.3 Å². The highest BCUT2D eigenvalue weighted by molar-refractivity contribution is 7.45. The van der Waals surface area contributed by atoms with E-state index in [1.54, 1.807) is 0 Å². The Labute approximate surface area is 300 Å². The van der Waals surface area contributed by atoms with Gasteiger partial charge in [-0.05, 0) is 44.9 Å². The Morgan fingerprint density at radius 3 is 1.65 bits per heavy atom. The predicted octanol–water partition coefficient (Wildman–Crippen LogP) is 9.77. The van der Waals surface area contributed by atoms with Gasteiger partial charge in [-0.15, -0.1) is 0 Å². The number of nitrogens with zero attached hydrogens (tertiary/aromatic N) is 1. The molecule has 0 amide bonds. The van der Waals surface area contributed by atoms with Gasteiger partial charge in [-0.3, -0.25) is 14.2 Å². The number of esters is 2. The van der Waals surface area contributed by atoms with Crippen molar-refractivity contribution in [2.75, 3.05) is 47.5 Å². The van der Waals surface area contributed by atoms with Gasteiger partial charge in [-0.2, -0.15) is 0 Å². The molecule has 1 unspecified atom stereocenters. The summed E-state index contributed by atoms with van der Waals surface area (Å²) >= 11 is 0. The molecule has 49 heavy (non-hydrogen) atoms. The van der Waals surface area contributed by atoms with E-state index in [-0.39, 0.29) is 26.1 Å². The van der Waals surface area contributed by atoms with Gasteiger partial charge in [0.15, 0.2) is 6.10 Å². The van der Waals surface area contributed by atoms with Crippen molar-refractivity contribution in [3.8, 4) is 0 Å². The van der Waals surface area contributed by atoms with Gasteiger partial charge in [0.25, 0.3) is 7.82 Å². The molecule has 0 aliphatic heterocycles. The second-order valence-corrected chi connectivity index (χ2v) is 15.7. The minimum absolute atomic E-state index is 0.0313. The zero-order valence-corrected chi connectivity index (χ0v) is 33.0. The highest BCUT2D eigenvalue weighted by Gasteiger charge is 2.21. The maximum Gasteiger partial charge on any atom is 0.306 e. The van der Waals surface area contributed by atoms with Gasteiger partial charge in [-0.1, -0.05) is 128 Å². The van der Waals surface area contributed by atoms with E-state index in [4.69, 9.17) is 18.5 Å². The summed E-state index contributed by atoms with van der Waals surface area (Å²) in [5.41, 5.74) is 0. The molecule has 0 saturated carbocycles. The fourth-order valence-corrected chi connectivity index (χ4v) is 5.82. The van der Waals surface area contributed by atoms with Crippen molar-refractivity contribution < 1.29 is 42.1 Å². The van der Waals surface area contributed by atoms with E-state index in [9.17, 15) is 19.0 Å². The molecule has 0 radical (unpaired) electrons. The van der Waals surface area contributed by atoms with Crippen molar-refractivity contribution in [1.29, 1.82) is 0 Å². The molecule has 0 aliphatic rings. The Hall–Kier alpha value is -1.51. The molecule has 0 N–H and O–H groups in total. The fourth-order valence-electron chi connectivity index (χ4n) is 5.09. The van der Waals surface area contributed by atoms with Crippen molar-refractivity contribution in [3.63, 3.8) is 0 Å². The zero-order chi connectivity index (χ0) is 36.5. The molecular weight excluding hydrogens is 641 g/mol. The van der Waals surface area contributed by atoms with Crippen LogP contribution in [0.5, 0.6) is 0 Å². The summed E-state index contributed by atoms with van der Waals surface area (Å²) in [5.74, 6) is -0.847. The van der Waals surface area contributed by atoms with Gasteiger partial charge >= 0.3 is 11.9 Å². The summed E-state index contributed by atoms with van der Waals surface area (Å²) in [7, 11) is 1.16. The van der Waals surface area contributed by atoms with Crippen LogP contribution in [0.4, 0.5) is 0 Å². The lowest BCUT2D eigenvalue weighted by molar-refractivity contribution is -0.870. The zero-order valence-electron chi connectivity index (χ0n) is 32.1. The van der Waals surface area contributed by atoms with Crippen LogP contribution in [0.3, 0.4) is 0 Å². The number of ether oxygens (including phenoxy) is 2. The summed E-state index contributed by atoms with van der Waals surface area (Å²) in [6, 6.07) is 0. The topological polar surface area (TPSA) is 111 Å². The molecule has 0 saturated heterocycles. The van der Waals surface area contributed by atoms with E-state index in [0.717, 1.165) is 51.4 Å². The molecule has 0 rings (SSSR count). The molecule has 0 aromatic rings. The van der Waals surface area contributed by atoms with Crippen LogP contribution in [0.25, 0.3) is 0 Å². The number of likely N-dealkylation sites (N-methyl/N-ethyl adjacent to an activating group) is 1. The average Bonchev–Trinajstić information content (AvgIpc) is 3.04. The summed E-state index contributed by atoms with van der Waals surface area (Å²) in [5, 5.41) is 0. The quantitative estimate of drug-likeness (QED) is 0.0210. The molecule has 0 fully saturated rings. The lowest BCUT2D eigenvalue weighted by atomic mass is 10.1. The standard InChI is InChI=1S/C39H74NO8P/c1-6-8-10-12-14-16-17-18-19-20-21-22-23-24-26-28-30-32-39(42)48-37(36-47-49(43,44)46-34-33-40(3,4)5)35-45-38(41)31-29-27-25-15-13-11-9-7-2/h14,16,18-19,37H,6-13,15,17,20-36H2,1-5H3/b16-14+,19-18+/t37-/m1/s1. The second kappa shape index (κ2) is 32.4. The van der Waals surface area contributed by atoms with Crippen molar-refractivity contribution in [3.05, 3.63) is 24.3 Å². The van der Waals surface area contributed by atoms with E-state index in [2.05, 4.69) is 38.2 Å². The fraction of sp³-hybridized carbons (Fsp3) is 0.846. The molecule has 0 bridgehead atoms. The van der Waals surface area contributed by atoms with E-state index in [0.29, 0.717) is 17.4 Å². The average molecular weight is 716 g/mol. The van der Waals surface area contributed by atoms with Crippen LogP contribution in [-0.4, -0.2) is 70.0 Å². The molecule has 0 heterocycles. The van der Waals surface area contributed by atoms with Crippen molar-refractivity contribution >= 4 is 19.8 Å². The Morgan fingerprint density at radius 2 is 1.10 bits per heavy atom. The predicted molar refractivity (Wildman–Crippen MR) is 199 cm³/mol. The largest absolute Gasteiger partial charge is 0.756 e. The Kier molecular flexibility index (Phi) is 31.4. The number of hydrogen-bond donors (Lipinski definition) is 0. The summed E-state index contributed by atoms with van der Waals surface area (Å²) in [6.07, 6.45) is 32.1. The number of allylic oxidation sites excluding steroid dienone is 4. The van der Waals surface area contributed by atoms with Crippen LogP contribution in [0, 0.1) is 0 Å². The molecule has 0 spiro atoms. The molecule has 10 heteroatoms. The number of rotatable bonds is 35. The van der Waals surface area contributed by atoms with Crippen molar-refractivity contribution in [2.24, 2.45) is 0 Å². The third-order valence-corrected chi connectivity index (χ3v) is 9.19. The van der Waals surface area contributed by atoms with Crippen LogP contribution < -0.4 is 4.89 Å².